The lowest BCUT2D eigenvalue weighted by molar-refractivity contribution is 0.186. The van der Waals surface area contributed by atoms with Gasteiger partial charge in [-0.3, -0.25) is 4.90 Å². The predicted octanol–water partition coefficient (Wildman–Crippen LogP) is 1.24. The van der Waals surface area contributed by atoms with Gasteiger partial charge in [-0.2, -0.15) is 0 Å². The van der Waals surface area contributed by atoms with E-state index in [2.05, 4.69) is 18.7 Å². The number of likely N-dealkylation sites (tertiary alicyclic amines) is 1. The number of hydrogen-bond donors (Lipinski definition) is 1. The summed E-state index contributed by atoms with van der Waals surface area (Å²) in [5.41, 5.74) is 0. The second-order valence-electron chi connectivity index (χ2n) is 3.59. The monoisotopic (exact) mass is 157 g/mol. The predicted molar refractivity (Wildman–Crippen MR) is 46.6 cm³/mol. The smallest absolute Gasteiger partial charge is 0.0443 e. The molecule has 11 heavy (non-hydrogen) atoms. The average molecular weight is 157 g/mol. The first-order chi connectivity index (χ1) is 5.25. The third-order valence-corrected chi connectivity index (χ3v) is 2.71. The highest BCUT2D eigenvalue weighted by molar-refractivity contribution is 4.81. The molecular formula is C9H19NO. The number of aliphatic hydroxyl groups is 1. The van der Waals surface area contributed by atoms with Crippen molar-refractivity contribution in [1.29, 1.82) is 0 Å². The van der Waals surface area contributed by atoms with Gasteiger partial charge in [0.2, 0.25) is 0 Å². The van der Waals surface area contributed by atoms with Gasteiger partial charge in [0.15, 0.2) is 0 Å². The summed E-state index contributed by atoms with van der Waals surface area (Å²) in [5.74, 6) is 0. The van der Waals surface area contributed by atoms with E-state index in [4.69, 9.17) is 5.11 Å². The van der Waals surface area contributed by atoms with Gasteiger partial charge in [0.05, 0.1) is 0 Å². The van der Waals surface area contributed by atoms with Gasteiger partial charge >= 0.3 is 0 Å². The average Bonchev–Trinajstić information content (AvgIpc) is 2.29. The molecule has 0 amide bonds. The Kier molecular flexibility index (Phi) is 3.34. The van der Waals surface area contributed by atoms with Crippen LogP contribution >= 0.6 is 0 Å². The summed E-state index contributed by atoms with van der Waals surface area (Å²) in [6.45, 7) is 5.95. The Labute approximate surface area is 69.2 Å². The maximum Gasteiger partial charge on any atom is 0.0443 e. The third-order valence-electron chi connectivity index (χ3n) is 2.71. The minimum atomic E-state index is 0.329. The molecule has 0 saturated carbocycles. The Morgan fingerprint density at radius 3 is 2.27 bits per heavy atom. The van der Waals surface area contributed by atoms with E-state index in [9.17, 15) is 0 Å². The molecule has 1 rings (SSSR count). The molecule has 0 aromatic heterocycles. The molecule has 1 fully saturated rings. The van der Waals surface area contributed by atoms with E-state index < -0.39 is 0 Å². The highest BCUT2D eigenvalue weighted by Crippen LogP contribution is 2.22. The van der Waals surface area contributed by atoms with Crippen LogP contribution in [0.5, 0.6) is 0 Å². The van der Waals surface area contributed by atoms with Crippen molar-refractivity contribution < 1.29 is 5.11 Å². The van der Waals surface area contributed by atoms with E-state index in [-0.39, 0.29) is 0 Å². The van der Waals surface area contributed by atoms with E-state index in [1.54, 1.807) is 0 Å². The van der Waals surface area contributed by atoms with Crippen molar-refractivity contribution in [3.8, 4) is 0 Å². The summed E-state index contributed by atoms with van der Waals surface area (Å²) in [6.07, 6.45) is 3.58. The molecule has 2 nitrogen and oxygen atoms in total. The molecule has 66 valence electrons. The van der Waals surface area contributed by atoms with E-state index >= 15 is 0 Å². The topological polar surface area (TPSA) is 23.5 Å². The van der Waals surface area contributed by atoms with Crippen LogP contribution in [0.2, 0.25) is 0 Å². The summed E-state index contributed by atoms with van der Waals surface area (Å²) in [6, 6.07) is 1.47. The standard InChI is InChI=1S/C9H19NO/c1-8-4-5-9(2)10(8)6-3-7-11/h8-9,11H,3-7H2,1-2H3/t8-,9-/m1/s1. The Morgan fingerprint density at radius 1 is 1.27 bits per heavy atom. The van der Waals surface area contributed by atoms with Gasteiger partial charge in [-0.15, -0.1) is 0 Å². The molecule has 0 aliphatic carbocycles. The normalized spacial score (nSPS) is 33.0. The second-order valence-corrected chi connectivity index (χ2v) is 3.59. The van der Waals surface area contributed by atoms with E-state index in [0.717, 1.165) is 25.0 Å². The maximum atomic E-state index is 8.67. The first-order valence-corrected chi connectivity index (χ1v) is 4.62. The van der Waals surface area contributed by atoms with Crippen LogP contribution in [0.3, 0.4) is 0 Å². The van der Waals surface area contributed by atoms with Crippen molar-refractivity contribution in [3.63, 3.8) is 0 Å². The van der Waals surface area contributed by atoms with E-state index in [1.165, 1.54) is 12.8 Å². The molecule has 1 saturated heterocycles. The van der Waals surface area contributed by atoms with Crippen molar-refractivity contribution in [2.45, 2.75) is 45.2 Å². The van der Waals surface area contributed by atoms with Crippen LogP contribution in [-0.4, -0.2) is 35.2 Å². The highest BCUT2D eigenvalue weighted by Gasteiger charge is 2.25. The lowest BCUT2D eigenvalue weighted by atomic mass is 10.2. The van der Waals surface area contributed by atoms with Crippen molar-refractivity contribution >= 4 is 0 Å². The molecule has 2 atom stereocenters. The molecule has 0 aromatic rings. The summed E-state index contributed by atoms with van der Waals surface area (Å²) in [4.78, 5) is 2.50. The van der Waals surface area contributed by atoms with Gasteiger partial charge < -0.3 is 5.11 Å². The SMILES string of the molecule is C[C@@H]1CC[C@@H](C)N1CCCO. The van der Waals surface area contributed by atoms with Crippen molar-refractivity contribution in [1.82, 2.24) is 4.90 Å². The second kappa shape index (κ2) is 4.07. The summed E-state index contributed by atoms with van der Waals surface area (Å²) >= 11 is 0. The Balaban J connectivity index is 2.29. The Morgan fingerprint density at radius 2 is 1.82 bits per heavy atom. The zero-order valence-electron chi connectivity index (χ0n) is 7.58. The van der Waals surface area contributed by atoms with Gasteiger partial charge in [0.25, 0.3) is 0 Å². The van der Waals surface area contributed by atoms with Crippen molar-refractivity contribution in [2.24, 2.45) is 0 Å². The van der Waals surface area contributed by atoms with Crippen LogP contribution in [0.1, 0.15) is 33.1 Å². The molecule has 2 heteroatoms. The van der Waals surface area contributed by atoms with Crippen LogP contribution < -0.4 is 0 Å². The van der Waals surface area contributed by atoms with E-state index in [0.29, 0.717) is 6.61 Å². The van der Waals surface area contributed by atoms with Gasteiger partial charge in [-0.25, -0.2) is 0 Å². The van der Waals surface area contributed by atoms with Crippen LogP contribution in [0, 0.1) is 0 Å². The first kappa shape index (κ1) is 9.01. The van der Waals surface area contributed by atoms with Gasteiger partial charge in [0, 0.05) is 25.2 Å². The molecule has 1 aliphatic heterocycles. The summed E-state index contributed by atoms with van der Waals surface area (Å²) in [5, 5.41) is 8.67. The maximum absolute atomic E-state index is 8.67. The van der Waals surface area contributed by atoms with Crippen LogP contribution in [0.15, 0.2) is 0 Å². The minimum absolute atomic E-state index is 0.329. The largest absolute Gasteiger partial charge is 0.396 e. The lowest BCUT2D eigenvalue weighted by Gasteiger charge is -2.25. The number of aliphatic hydroxyl groups excluding tert-OH is 1. The van der Waals surface area contributed by atoms with Crippen molar-refractivity contribution in [2.75, 3.05) is 13.2 Å². The molecular weight excluding hydrogens is 138 g/mol. The molecule has 0 aromatic carbocycles. The molecule has 1 aliphatic rings. The molecule has 0 bridgehead atoms. The lowest BCUT2D eigenvalue weighted by Crippen LogP contribution is -2.33. The molecule has 0 unspecified atom stereocenters. The fourth-order valence-electron chi connectivity index (χ4n) is 1.94. The minimum Gasteiger partial charge on any atom is -0.396 e. The first-order valence-electron chi connectivity index (χ1n) is 4.62. The zero-order chi connectivity index (χ0) is 8.27. The number of nitrogens with zero attached hydrogens (tertiary/aromatic N) is 1. The highest BCUT2D eigenvalue weighted by atomic mass is 16.3. The van der Waals surface area contributed by atoms with Gasteiger partial charge in [-0.05, 0) is 33.1 Å². The quantitative estimate of drug-likeness (QED) is 0.666. The zero-order valence-corrected chi connectivity index (χ0v) is 7.58. The van der Waals surface area contributed by atoms with Gasteiger partial charge in [0.1, 0.15) is 0 Å². The van der Waals surface area contributed by atoms with Crippen LogP contribution in [0.4, 0.5) is 0 Å². The van der Waals surface area contributed by atoms with E-state index in [1.807, 2.05) is 0 Å². The number of rotatable bonds is 3. The van der Waals surface area contributed by atoms with Crippen LogP contribution in [0.25, 0.3) is 0 Å². The Bertz CT molecular complexity index is 106. The van der Waals surface area contributed by atoms with Crippen molar-refractivity contribution in [3.05, 3.63) is 0 Å². The Hall–Kier alpha value is -0.0800. The third kappa shape index (κ3) is 2.17. The summed E-state index contributed by atoms with van der Waals surface area (Å²) < 4.78 is 0. The summed E-state index contributed by atoms with van der Waals surface area (Å²) in [7, 11) is 0. The van der Waals surface area contributed by atoms with Gasteiger partial charge in [-0.1, -0.05) is 0 Å². The fourth-order valence-corrected chi connectivity index (χ4v) is 1.94. The fraction of sp³-hybridized carbons (Fsp3) is 1.00. The molecule has 1 heterocycles. The molecule has 0 radical (unpaired) electrons. The molecule has 1 N–H and O–H groups in total. The van der Waals surface area contributed by atoms with Crippen LogP contribution in [-0.2, 0) is 0 Å². The number of hydrogen-bond acceptors (Lipinski definition) is 2. The molecule has 0 spiro atoms.